The molecule has 7 heteroatoms. The van der Waals surface area contributed by atoms with Crippen LogP contribution in [0.3, 0.4) is 0 Å². The molecule has 0 atom stereocenters. The van der Waals surface area contributed by atoms with E-state index in [2.05, 4.69) is 0 Å². The third-order valence-corrected chi connectivity index (χ3v) is 3.75. The van der Waals surface area contributed by atoms with E-state index in [0.29, 0.717) is 28.2 Å². The van der Waals surface area contributed by atoms with E-state index in [-0.39, 0.29) is 12.3 Å². The summed E-state index contributed by atoms with van der Waals surface area (Å²) in [6.45, 7) is 3.68. The average Bonchev–Trinajstić information content (AvgIpc) is 2.59. The fraction of sp³-hybridized carbons (Fsp3) is 0.211. The lowest BCUT2D eigenvalue weighted by atomic mass is 10.1. The summed E-state index contributed by atoms with van der Waals surface area (Å²) in [4.78, 5) is 21.1. The highest BCUT2D eigenvalue weighted by Gasteiger charge is 2.14. The maximum absolute atomic E-state index is 10.9. The van der Waals surface area contributed by atoms with Gasteiger partial charge in [0.05, 0.1) is 12.0 Å². The van der Waals surface area contributed by atoms with Gasteiger partial charge in [-0.1, -0.05) is 6.07 Å². The average molecular weight is 357 g/mol. The summed E-state index contributed by atoms with van der Waals surface area (Å²) < 4.78 is 11.2. The topological polar surface area (TPSA) is 98.9 Å². The van der Waals surface area contributed by atoms with E-state index in [0.717, 1.165) is 11.6 Å². The van der Waals surface area contributed by atoms with E-state index >= 15 is 0 Å². The molecule has 0 saturated carbocycles. The van der Waals surface area contributed by atoms with Gasteiger partial charge >= 0.3 is 5.97 Å². The predicted molar refractivity (Wildman–Crippen MR) is 96.6 cm³/mol. The summed E-state index contributed by atoms with van der Waals surface area (Å²) in [5, 5.41) is 19.7. The van der Waals surface area contributed by atoms with Crippen molar-refractivity contribution < 1.29 is 24.3 Å². The SMILES string of the molecule is COc1ccc(C=CC(=O)O)cc1COc1c(C)cc([N+](=O)[O-])cc1C. The van der Waals surface area contributed by atoms with Crippen molar-refractivity contribution in [3.05, 3.63) is 68.8 Å². The zero-order valence-electron chi connectivity index (χ0n) is 14.7. The Kier molecular flexibility index (Phi) is 5.95. The summed E-state index contributed by atoms with van der Waals surface area (Å²) in [5.74, 6) is 0.148. The minimum atomic E-state index is -1.03. The summed E-state index contributed by atoms with van der Waals surface area (Å²) in [7, 11) is 1.54. The Balaban J connectivity index is 2.27. The summed E-state index contributed by atoms with van der Waals surface area (Å²) in [5.41, 5.74) is 2.78. The first-order valence-corrected chi connectivity index (χ1v) is 7.78. The number of carboxylic acids is 1. The molecule has 0 aliphatic carbocycles. The van der Waals surface area contributed by atoms with Crippen LogP contribution in [-0.2, 0) is 11.4 Å². The number of benzene rings is 2. The number of aryl methyl sites for hydroxylation is 2. The largest absolute Gasteiger partial charge is 0.496 e. The minimum absolute atomic E-state index is 0.0192. The van der Waals surface area contributed by atoms with Crippen molar-refractivity contribution >= 4 is 17.7 Å². The molecule has 0 aliphatic heterocycles. The normalized spacial score (nSPS) is 10.7. The van der Waals surface area contributed by atoms with Gasteiger partial charge in [-0.2, -0.15) is 0 Å². The Hall–Kier alpha value is -3.35. The van der Waals surface area contributed by atoms with Crippen LogP contribution in [0, 0.1) is 24.0 Å². The smallest absolute Gasteiger partial charge is 0.328 e. The fourth-order valence-corrected chi connectivity index (χ4v) is 2.59. The van der Waals surface area contributed by atoms with Crippen LogP contribution in [0.4, 0.5) is 5.69 Å². The molecule has 2 rings (SSSR count). The standard InChI is InChI=1S/C19H19NO6/c1-12-8-16(20(23)24)9-13(2)19(12)26-11-15-10-14(5-7-18(21)22)4-6-17(15)25-3/h4-10H,11H2,1-3H3,(H,21,22). The van der Waals surface area contributed by atoms with E-state index in [1.54, 1.807) is 32.0 Å². The van der Waals surface area contributed by atoms with Crippen molar-refractivity contribution in [2.24, 2.45) is 0 Å². The molecule has 0 fully saturated rings. The maximum Gasteiger partial charge on any atom is 0.328 e. The first kappa shape index (κ1) is 19.0. The second-order valence-electron chi connectivity index (χ2n) is 5.70. The Labute approximate surface area is 150 Å². The first-order chi connectivity index (χ1) is 12.3. The van der Waals surface area contributed by atoms with Gasteiger partial charge in [-0.05, 0) is 48.7 Å². The van der Waals surface area contributed by atoms with Gasteiger partial charge in [0.2, 0.25) is 0 Å². The molecule has 2 aromatic rings. The Bertz CT molecular complexity index is 849. The number of nitro benzene ring substituents is 1. The molecule has 0 radical (unpaired) electrons. The summed E-state index contributed by atoms with van der Waals surface area (Å²) in [6, 6.07) is 8.17. The molecule has 1 N–H and O–H groups in total. The molecule has 0 unspecified atom stereocenters. The van der Waals surface area contributed by atoms with Gasteiger partial charge in [-0.15, -0.1) is 0 Å². The number of non-ortho nitro benzene ring substituents is 1. The number of aliphatic carboxylic acids is 1. The van der Waals surface area contributed by atoms with Crippen molar-refractivity contribution in [3.8, 4) is 11.5 Å². The molecule has 7 nitrogen and oxygen atoms in total. The lowest BCUT2D eigenvalue weighted by molar-refractivity contribution is -0.385. The second-order valence-corrected chi connectivity index (χ2v) is 5.70. The van der Waals surface area contributed by atoms with Crippen molar-refractivity contribution in [3.63, 3.8) is 0 Å². The number of carbonyl (C=O) groups is 1. The molecule has 26 heavy (non-hydrogen) atoms. The number of ether oxygens (including phenoxy) is 2. The van der Waals surface area contributed by atoms with Crippen molar-refractivity contribution in [2.45, 2.75) is 20.5 Å². The molecule has 136 valence electrons. The van der Waals surface area contributed by atoms with Crippen molar-refractivity contribution in [2.75, 3.05) is 7.11 Å². The van der Waals surface area contributed by atoms with Crippen LogP contribution in [-0.4, -0.2) is 23.1 Å². The summed E-state index contributed by atoms with van der Waals surface area (Å²) in [6.07, 6.45) is 2.53. The van der Waals surface area contributed by atoms with E-state index in [9.17, 15) is 14.9 Å². The van der Waals surface area contributed by atoms with Gasteiger partial charge in [-0.3, -0.25) is 10.1 Å². The first-order valence-electron chi connectivity index (χ1n) is 7.78. The van der Waals surface area contributed by atoms with Gasteiger partial charge in [-0.25, -0.2) is 4.79 Å². The molecule has 0 spiro atoms. The Morgan fingerprint density at radius 1 is 1.23 bits per heavy atom. The van der Waals surface area contributed by atoms with Crippen LogP contribution in [0.1, 0.15) is 22.3 Å². The molecule has 0 saturated heterocycles. The van der Waals surface area contributed by atoms with Gasteiger partial charge in [0.1, 0.15) is 18.1 Å². The van der Waals surface area contributed by atoms with Crippen LogP contribution < -0.4 is 9.47 Å². The molecule has 0 aliphatic rings. The highest BCUT2D eigenvalue weighted by molar-refractivity contribution is 5.85. The Morgan fingerprint density at radius 2 is 1.88 bits per heavy atom. The molecule has 2 aromatic carbocycles. The zero-order valence-corrected chi connectivity index (χ0v) is 14.7. The number of methoxy groups -OCH3 is 1. The molecule has 0 amide bonds. The van der Waals surface area contributed by atoms with E-state index in [1.807, 2.05) is 0 Å². The van der Waals surface area contributed by atoms with Gasteiger partial charge in [0.15, 0.2) is 0 Å². The number of nitro groups is 1. The van der Waals surface area contributed by atoms with E-state index in [4.69, 9.17) is 14.6 Å². The van der Waals surface area contributed by atoms with Crippen LogP contribution in [0.2, 0.25) is 0 Å². The lowest BCUT2D eigenvalue weighted by Gasteiger charge is -2.14. The minimum Gasteiger partial charge on any atom is -0.496 e. The van der Waals surface area contributed by atoms with Crippen LogP contribution >= 0.6 is 0 Å². The van der Waals surface area contributed by atoms with Crippen molar-refractivity contribution in [1.29, 1.82) is 0 Å². The molecule has 0 bridgehead atoms. The molecule has 0 heterocycles. The van der Waals surface area contributed by atoms with E-state index < -0.39 is 10.9 Å². The predicted octanol–water partition coefficient (Wildman–Crippen LogP) is 3.90. The van der Waals surface area contributed by atoms with Gasteiger partial charge < -0.3 is 14.6 Å². The number of carboxylic acid groups (broad SMARTS) is 1. The number of nitrogens with zero attached hydrogens (tertiary/aromatic N) is 1. The highest BCUT2D eigenvalue weighted by Crippen LogP contribution is 2.30. The van der Waals surface area contributed by atoms with Crippen LogP contribution in [0.15, 0.2) is 36.4 Å². The lowest BCUT2D eigenvalue weighted by Crippen LogP contribution is -2.02. The van der Waals surface area contributed by atoms with Gasteiger partial charge in [0.25, 0.3) is 5.69 Å². The molecular weight excluding hydrogens is 338 g/mol. The monoisotopic (exact) mass is 357 g/mol. The third-order valence-electron chi connectivity index (χ3n) is 3.75. The van der Waals surface area contributed by atoms with Crippen LogP contribution in [0.25, 0.3) is 6.08 Å². The fourth-order valence-electron chi connectivity index (χ4n) is 2.59. The Morgan fingerprint density at radius 3 is 2.42 bits per heavy atom. The highest BCUT2D eigenvalue weighted by atomic mass is 16.6. The number of hydrogen-bond acceptors (Lipinski definition) is 5. The third kappa shape index (κ3) is 4.60. The molecular formula is C19H19NO6. The molecule has 0 aromatic heterocycles. The maximum atomic E-state index is 10.9. The van der Waals surface area contributed by atoms with Crippen molar-refractivity contribution in [1.82, 2.24) is 0 Å². The second kappa shape index (κ2) is 8.15. The van der Waals surface area contributed by atoms with E-state index in [1.165, 1.54) is 25.3 Å². The quantitative estimate of drug-likeness (QED) is 0.458. The summed E-state index contributed by atoms with van der Waals surface area (Å²) >= 11 is 0. The van der Waals surface area contributed by atoms with Crippen LogP contribution in [0.5, 0.6) is 11.5 Å². The zero-order chi connectivity index (χ0) is 19.3. The number of hydrogen-bond donors (Lipinski definition) is 1. The van der Waals surface area contributed by atoms with Gasteiger partial charge in [0, 0.05) is 23.8 Å². The number of rotatable bonds is 7.